The largest absolute Gasteiger partial charge is 0.494 e. The Hall–Kier alpha value is -4.62. The molecule has 0 unspecified atom stereocenters. The lowest BCUT2D eigenvalue weighted by molar-refractivity contribution is 0.340. The van der Waals surface area contributed by atoms with Crippen LogP contribution < -0.4 is 19.7 Å². The molecule has 0 spiro atoms. The lowest BCUT2D eigenvalue weighted by Crippen LogP contribution is -2.30. The summed E-state index contributed by atoms with van der Waals surface area (Å²) in [5, 5.41) is 4.20. The maximum atomic E-state index is 6.16. The van der Waals surface area contributed by atoms with Gasteiger partial charge in [0.15, 0.2) is 5.11 Å². The molecule has 6 nitrogen and oxygen atoms in total. The van der Waals surface area contributed by atoms with E-state index < -0.39 is 0 Å². The van der Waals surface area contributed by atoms with Crippen LogP contribution in [0.15, 0.2) is 116 Å². The van der Waals surface area contributed by atoms with E-state index in [-0.39, 0.29) is 12.1 Å². The van der Waals surface area contributed by atoms with Crippen LogP contribution in [-0.4, -0.2) is 21.3 Å². The van der Waals surface area contributed by atoms with Gasteiger partial charge in [-0.15, -0.1) is 0 Å². The van der Waals surface area contributed by atoms with E-state index in [2.05, 4.69) is 57.4 Å². The quantitative estimate of drug-likeness (QED) is 0.203. The van der Waals surface area contributed by atoms with E-state index in [1.54, 1.807) is 0 Å². The van der Waals surface area contributed by atoms with Crippen LogP contribution in [0.25, 0.3) is 5.69 Å². The molecular formula is C33H30N4O2S. The number of benzene rings is 3. The molecule has 0 saturated carbocycles. The van der Waals surface area contributed by atoms with Gasteiger partial charge in [0.1, 0.15) is 23.3 Å². The normalized spacial score (nSPS) is 16.6. The first kappa shape index (κ1) is 25.6. The molecule has 7 heteroatoms. The third-order valence-corrected chi connectivity index (χ3v) is 7.36. The highest BCUT2D eigenvalue weighted by molar-refractivity contribution is 7.80. The molecule has 1 N–H and O–H groups in total. The number of pyridine rings is 1. The fourth-order valence-corrected chi connectivity index (χ4v) is 5.49. The van der Waals surface area contributed by atoms with Gasteiger partial charge in [-0.25, -0.2) is 0 Å². The van der Waals surface area contributed by atoms with Crippen LogP contribution in [0.1, 0.15) is 36.0 Å². The topological polar surface area (TPSA) is 51.5 Å². The van der Waals surface area contributed by atoms with Gasteiger partial charge in [0.2, 0.25) is 0 Å². The van der Waals surface area contributed by atoms with Gasteiger partial charge < -0.3 is 24.3 Å². The summed E-state index contributed by atoms with van der Waals surface area (Å²) in [5.74, 6) is 2.46. The lowest BCUT2D eigenvalue weighted by Gasteiger charge is -2.29. The third-order valence-electron chi connectivity index (χ3n) is 7.04. The number of nitrogens with zero attached hydrogens (tertiary/aromatic N) is 3. The molecule has 0 bridgehead atoms. The molecule has 0 amide bonds. The number of ether oxygens (including phenoxy) is 2. The Morgan fingerprint density at radius 2 is 1.55 bits per heavy atom. The van der Waals surface area contributed by atoms with E-state index in [0.29, 0.717) is 11.7 Å². The van der Waals surface area contributed by atoms with Crippen LogP contribution in [0.4, 0.5) is 5.69 Å². The Balaban J connectivity index is 1.38. The number of para-hydroxylation sites is 1. The van der Waals surface area contributed by atoms with Crippen LogP contribution >= 0.6 is 12.2 Å². The van der Waals surface area contributed by atoms with Crippen molar-refractivity contribution >= 4 is 23.0 Å². The number of aromatic nitrogens is 2. The van der Waals surface area contributed by atoms with Gasteiger partial charge >= 0.3 is 0 Å². The number of anilines is 1. The number of hydrogen-bond acceptors (Lipinski definition) is 4. The standard InChI is InChI=1S/C33H30N4O2S/c1-3-38-26-17-13-24(14-18-26)36-22-8-11-29(36)32-31(28-10-6-7-21-34-28)35-33(40)37(32)25-15-19-27(20-16-25)39-30-12-5-4-9-23(30)2/h4-22,31-32H,3H2,1-2H3,(H,35,40)/t31-,32-/m1/s1. The number of nitrogens with one attached hydrogen (secondary N) is 1. The minimum absolute atomic E-state index is 0.145. The minimum atomic E-state index is -0.146. The number of thiocarbonyl (C=S) groups is 1. The first-order valence-corrected chi connectivity index (χ1v) is 13.8. The van der Waals surface area contributed by atoms with E-state index in [1.165, 1.54) is 0 Å². The molecule has 6 rings (SSSR count). The SMILES string of the molecule is CCOc1ccc(-n2cccc2[C@@H]2[C@@H](c3ccccn3)NC(=S)N2c2ccc(Oc3ccccc3C)cc2)cc1. The highest BCUT2D eigenvalue weighted by atomic mass is 32.1. The summed E-state index contributed by atoms with van der Waals surface area (Å²) in [7, 11) is 0. The average Bonchev–Trinajstić information content (AvgIpc) is 3.60. The summed E-state index contributed by atoms with van der Waals surface area (Å²) in [6.07, 6.45) is 3.90. The van der Waals surface area contributed by atoms with Gasteiger partial charge in [-0.1, -0.05) is 24.3 Å². The van der Waals surface area contributed by atoms with Crippen molar-refractivity contribution in [2.45, 2.75) is 25.9 Å². The molecule has 1 saturated heterocycles. The van der Waals surface area contributed by atoms with Crippen LogP contribution in [0.3, 0.4) is 0 Å². The predicted octanol–water partition coefficient (Wildman–Crippen LogP) is 7.55. The van der Waals surface area contributed by atoms with Gasteiger partial charge in [0.25, 0.3) is 0 Å². The molecule has 0 radical (unpaired) electrons. The molecule has 40 heavy (non-hydrogen) atoms. The van der Waals surface area contributed by atoms with Gasteiger partial charge in [-0.2, -0.15) is 0 Å². The van der Waals surface area contributed by atoms with Crippen LogP contribution in [-0.2, 0) is 0 Å². The van der Waals surface area contributed by atoms with Crippen molar-refractivity contribution in [2.24, 2.45) is 0 Å². The average molecular weight is 547 g/mol. The number of hydrogen-bond donors (Lipinski definition) is 1. The van der Waals surface area contributed by atoms with Gasteiger partial charge in [-0.05, 0) is 110 Å². The maximum Gasteiger partial charge on any atom is 0.174 e. The predicted molar refractivity (Wildman–Crippen MR) is 163 cm³/mol. The Kier molecular flexibility index (Phi) is 7.21. The zero-order valence-corrected chi connectivity index (χ0v) is 23.2. The van der Waals surface area contributed by atoms with Gasteiger partial charge in [-0.3, -0.25) is 4.98 Å². The Bertz CT molecular complexity index is 1600. The Morgan fingerprint density at radius 3 is 2.27 bits per heavy atom. The van der Waals surface area contributed by atoms with E-state index in [0.717, 1.165) is 45.6 Å². The summed E-state index contributed by atoms with van der Waals surface area (Å²) in [6, 6.07) is 34.2. The summed E-state index contributed by atoms with van der Waals surface area (Å²) in [4.78, 5) is 6.87. The van der Waals surface area contributed by atoms with Crippen molar-refractivity contribution < 1.29 is 9.47 Å². The fourth-order valence-electron chi connectivity index (χ4n) is 5.15. The number of rotatable bonds is 8. The van der Waals surface area contributed by atoms with Crippen molar-refractivity contribution in [1.82, 2.24) is 14.9 Å². The monoisotopic (exact) mass is 546 g/mol. The second kappa shape index (κ2) is 11.2. The van der Waals surface area contributed by atoms with Crippen molar-refractivity contribution in [1.29, 1.82) is 0 Å². The van der Waals surface area contributed by atoms with Gasteiger partial charge in [0.05, 0.1) is 18.3 Å². The first-order valence-electron chi connectivity index (χ1n) is 13.4. The molecule has 3 aromatic carbocycles. The lowest BCUT2D eigenvalue weighted by atomic mass is 10.0. The van der Waals surface area contributed by atoms with E-state index in [1.807, 2.05) is 86.8 Å². The molecule has 200 valence electrons. The first-order chi connectivity index (χ1) is 19.6. The summed E-state index contributed by atoms with van der Waals surface area (Å²) in [6.45, 7) is 4.66. The summed E-state index contributed by atoms with van der Waals surface area (Å²) < 4.78 is 14.0. The zero-order valence-electron chi connectivity index (χ0n) is 22.4. The molecular weight excluding hydrogens is 516 g/mol. The summed E-state index contributed by atoms with van der Waals surface area (Å²) in [5.41, 5.74) is 5.12. The fraction of sp³-hybridized carbons (Fsp3) is 0.152. The Morgan fingerprint density at radius 1 is 0.825 bits per heavy atom. The van der Waals surface area contributed by atoms with E-state index in [4.69, 9.17) is 26.7 Å². The highest BCUT2D eigenvalue weighted by Crippen LogP contribution is 2.42. The second-order valence-electron chi connectivity index (χ2n) is 9.59. The van der Waals surface area contributed by atoms with E-state index in [9.17, 15) is 0 Å². The van der Waals surface area contributed by atoms with Crippen LogP contribution in [0, 0.1) is 6.92 Å². The van der Waals surface area contributed by atoms with Gasteiger partial charge in [0, 0.05) is 29.5 Å². The van der Waals surface area contributed by atoms with E-state index >= 15 is 0 Å². The molecule has 5 aromatic rings. The van der Waals surface area contributed by atoms with Crippen LogP contribution in [0.5, 0.6) is 17.2 Å². The van der Waals surface area contributed by atoms with Crippen molar-refractivity contribution in [3.05, 3.63) is 132 Å². The molecule has 2 atom stereocenters. The number of aryl methyl sites for hydroxylation is 1. The smallest absolute Gasteiger partial charge is 0.174 e. The second-order valence-corrected chi connectivity index (χ2v) is 9.97. The third kappa shape index (κ3) is 5.03. The molecule has 1 aliphatic rings. The maximum absolute atomic E-state index is 6.16. The van der Waals surface area contributed by atoms with Crippen molar-refractivity contribution in [3.8, 4) is 22.9 Å². The minimum Gasteiger partial charge on any atom is -0.494 e. The molecule has 3 heterocycles. The molecule has 2 aromatic heterocycles. The van der Waals surface area contributed by atoms with Crippen LogP contribution in [0.2, 0.25) is 0 Å². The highest BCUT2D eigenvalue weighted by Gasteiger charge is 2.42. The molecule has 1 aliphatic heterocycles. The van der Waals surface area contributed by atoms with Crippen molar-refractivity contribution in [2.75, 3.05) is 11.5 Å². The molecule has 1 fully saturated rings. The summed E-state index contributed by atoms with van der Waals surface area (Å²) >= 11 is 5.94. The van der Waals surface area contributed by atoms with Crippen molar-refractivity contribution in [3.63, 3.8) is 0 Å². The zero-order chi connectivity index (χ0) is 27.5. The molecule has 0 aliphatic carbocycles. The Labute approximate surface area is 239 Å².